The molecule has 1 amide bonds. The molecule has 0 spiro atoms. The molecule has 0 radical (unpaired) electrons. The molecule has 0 aliphatic carbocycles. The van der Waals surface area contributed by atoms with Gasteiger partial charge in [0.15, 0.2) is 11.5 Å². The van der Waals surface area contributed by atoms with Crippen LogP contribution in [-0.2, 0) is 11.2 Å². The molecule has 0 atom stereocenters. The van der Waals surface area contributed by atoms with Crippen molar-refractivity contribution in [1.29, 1.82) is 0 Å². The van der Waals surface area contributed by atoms with Gasteiger partial charge in [0.1, 0.15) is 5.75 Å². The van der Waals surface area contributed by atoms with E-state index < -0.39 is 0 Å². The van der Waals surface area contributed by atoms with Crippen molar-refractivity contribution in [3.8, 4) is 17.2 Å². The summed E-state index contributed by atoms with van der Waals surface area (Å²) in [5, 5.41) is 5.96. The molecule has 6 heteroatoms. The number of carbonyl (C=O) groups excluding carboxylic acids is 1. The third-order valence-corrected chi connectivity index (χ3v) is 3.71. The summed E-state index contributed by atoms with van der Waals surface area (Å²) < 4.78 is 15.6. The number of amides is 1. The smallest absolute Gasteiger partial charge is 0.239 e. The van der Waals surface area contributed by atoms with E-state index in [0.717, 1.165) is 17.0 Å². The van der Waals surface area contributed by atoms with Crippen molar-refractivity contribution in [3.63, 3.8) is 0 Å². The Morgan fingerprint density at radius 2 is 1.76 bits per heavy atom. The molecule has 134 valence electrons. The first kappa shape index (κ1) is 18.4. The average molecular weight is 344 g/mol. The predicted octanol–water partition coefficient (Wildman–Crippen LogP) is 2.48. The summed E-state index contributed by atoms with van der Waals surface area (Å²) in [6.07, 6.45) is 0.714. The summed E-state index contributed by atoms with van der Waals surface area (Å²) in [4.78, 5) is 11.9. The van der Waals surface area contributed by atoms with E-state index in [2.05, 4.69) is 10.6 Å². The number of hydrogen-bond donors (Lipinski definition) is 2. The first-order chi connectivity index (χ1) is 12.2. The average Bonchev–Trinajstić information content (AvgIpc) is 2.66. The number of anilines is 1. The molecule has 0 unspecified atom stereocenters. The fraction of sp³-hybridized carbons (Fsp3) is 0.316. The van der Waals surface area contributed by atoms with Crippen LogP contribution in [0.15, 0.2) is 42.5 Å². The number of methoxy groups -OCH3 is 3. The lowest BCUT2D eigenvalue weighted by Crippen LogP contribution is -2.31. The Hall–Kier alpha value is -2.89. The van der Waals surface area contributed by atoms with Crippen LogP contribution in [0.2, 0.25) is 0 Å². The van der Waals surface area contributed by atoms with E-state index in [-0.39, 0.29) is 12.5 Å². The van der Waals surface area contributed by atoms with Gasteiger partial charge in [-0.05, 0) is 36.2 Å². The Kier molecular flexibility index (Phi) is 6.95. The lowest BCUT2D eigenvalue weighted by atomic mass is 10.1. The maximum absolute atomic E-state index is 11.9. The molecule has 2 N–H and O–H groups in total. The molecule has 6 nitrogen and oxygen atoms in total. The number of benzene rings is 2. The van der Waals surface area contributed by atoms with Gasteiger partial charge in [-0.2, -0.15) is 0 Å². The fourth-order valence-corrected chi connectivity index (χ4v) is 2.36. The van der Waals surface area contributed by atoms with Crippen LogP contribution in [0, 0.1) is 0 Å². The minimum absolute atomic E-state index is 0.0664. The lowest BCUT2D eigenvalue weighted by molar-refractivity contribution is -0.119. The second kappa shape index (κ2) is 9.42. The highest BCUT2D eigenvalue weighted by atomic mass is 16.5. The Labute approximate surface area is 148 Å². The van der Waals surface area contributed by atoms with Gasteiger partial charge in [-0.15, -0.1) is 0 Å². The molecule has 0 fully saturated rings. The van der Waals surface area contributed by atoms with Gasteiger partial charge in [0.05, 0.1) is 27.9 Å². The maximum Gasteiger partial charge on any atom is 0.239 e. The van der Waals surface area contributed by atoms with Crippen molar-refractivity contribution in [2.45, 2.75) is 6.42 Å². The second-order valence-electron chi connectivity index (χ2n) is 5.37. The zero-order valence-corrected chi connectivity index (χ0v) is 14.8. The van der Waals surface area contributed by atoms with Crippen LogP contribution in [-0.4, -0.2) is 40.3 Å². The molecular formula is C19H24N2O4. The number of rotatable bonds is 9. The van der Waals surface area contributed by atoms with Crippen molar-refractivity contribution in [1.82, 2.24) is 5.32 Å². The first-order valence-corrected chi connectivity index (χ1v) is 8.01. The summed E-state index contributed by atoms with van der Waals surface area (Å²) in [6, 6.07) is 13.2. The van der Waals surface area contributed by atoms with Gasteiger partial charge in [-0.1, -0.05) is 12.1 Å². The molecule has 2 aromatic rings. The first-order valence-electron chi connectivity index (χ1n) is 8.01. The highest BCUT2D eigenvalue weighted by molar-refractivity contribution is 5.80. The minimum atomic E-state index is -0.0664. The summed E-state index contributed by atoms with van der Waals surface area (Å²) in [5.74, 6) is 2.06. The maximum atomic E-state index is 11.9. The molecule has 0 aliphatic heterocycles. The SMILES string of the molecule is COc1cccc(NCC(=O)NCCc2ccc(OC)c(OC)c2)c1. The minimum Gasteiger partial charge on any atom is -0.497 e. The van der Waals surface area contributed by atoms with Crippen molar-refractivity contribution in [2.75, 3.05) is 39.7 Å². The van der Waals surface area contributed by atoms with E-state index in [4.69, 9.17) is 14.2 Å². The van der Waals surface area contributed by atoms with E-state index in [1.807, 2.05) is 42.5 Å². The Morgan fingerprint density at radius 3 is 2.48 bits per heavy atom. The van der Waals surface area contributed by atoms with Crippen LogP contribution < -0.4 is 24.8 Å². The van der Waals surface area contributed by atoms with Gasteiger partial charge in [0, 0.05) is 18.3 Å². The highest BCUT2D eigenvalue weighted by Crippen LogP contribution is 2.27. The van der Waals surface area contributed by atoms with Gasteiger partial charge in [0.25, 0.3) is 0 Å². The molecule has 0 bridgehead atoms. The molecule has 0 heterocycles. The van der Waals surface area contributed by atoms with E-state index in [1.54, 1.807) is 21.3 Å². The van der Waals surface area contributed by atoms with E-state index in [0.29, 0.717) is 24.5 Å². The second-order valence-corrected chi connectivity index (χ2v) is 5.37. The third-order valence-electron chi connectivity index (χ3n) is 3.71. The van der Waals surface area contributed by atoms with Gasteiger partial charge in [-0.3, -0.25) is 4.79 Å². The number of nitrogens with one attached hydrogen (secondary N) is 2. The van der Waals surface area contributed by atoms with E-state index >= 15 is 0 Å². The Morgan fingerprint density at radius 1 is 0.960 bits per heavy atom. The molecule has 25 heavy (non-hydrogen) atoms. The molecule has 0 aliphatic rings. The summed E-state index contributed by atoms with van der Waals surface area (Å²) in [5.41, 5.74) is 1.91. The largest absolute Gasteiger partial charge is 0.497 e. The van der Waals surface area contributed by atoms with Crippen LogP contribution in [0.3, 0.4) is 0 Å². The third kappa shape index (κ3) is 5.60. The van der Waals surface area contributed by atoms with Gasteiger partial charge in [0.2, 0.25) is 5.91 Å². The summed E-state index contributed by atoms with van der Waals surface area (Å²) in [6.45, 7) is 0.757. The normalized spacial score (nSPS) is 10.0. The van der Waals surface area contributed by atoms with Crippen LogP contribution in [0.5, 0.6) is 17.2 Å². The predicted molar refractivity (Wildman–Crippen MR) is 97.7 cm³/mol. The van der Waals surface area contributed by atoms with Gasteiger partial charge < -0.3 is 24.8 Å². The standard InChI is InChI=1S/C19H24N2O4/c1-23-16-6-4-5-15(12-16)21-13-19(22)20-10-9-14-7-8-17(24-2)18(11-14)25-3/h4-8,11-12,21H,9-10,13H2,1-3H3,(H,20,22). The fourth-order valence-electron chi connectivity index (χ4n) is 2.36. The summed E-state index contributed by atoms with van der Waals surface area (Å²) >= 11 is 0. The zero-order chi connectivity index (χ0) is 18.1. The van der Waals surface area contributed by atoms with Crippen molar-refractivity contribution < 1.29 is 19.0 Å². The molecule has 0 saturated carbocycles. The van der Waals surface area contributed by atoms with Crippen LogP contribution in [0.4, 0.5) is 5.69 Å². The van der Waals surface area contributed by atoms with Crippen LogP contribution in [0.25, 0.3) is 0 Å². The molecular weight excluding hydrogens is 320 g/mol. The number of ether oxygens (including phenoxy) is 3. The topological polar surface area (TPSA) is 68.8 Å². The Bertz CT molecular complexity index is 704. The lowest BCUT2D eigenvalue weighted by Gasteiger charge is -2.11. The van der Waals surface area contributed by atoms with Crippen molar-refractivity contribution >= 4 is 11.6 Å². The van der Waals surface area contributed by atoms with Crippen LogP contribution >= 0.6 is 0 Å². The highest BCUT2D eigenvalue weighted by Gasteiger charge is 2.06. The molecule has 0 aromatic heterocycles. The quantitative estimate of drug-likeness (QED) is 0.731. The molecule has 2 rings (SSSR count). The zero-order valence-electron chi connectivity index (χ0n) is 14.8. The van der Waals surface area contributed by atoms with Crippen molar-refractivity contribution in [2.24, 2.45) is 0 Å². The van der Waals surface area contributed by atoms with Crippen LogP contribution in [0.1, 0.15) is 5.56 Å². The van der Waals surface area contributed by atoms with Gasteiger partial charge in [-0.25, -0.2) is 0 Å². The van der Waals surface area contributed by atoms with E-state index in [9.17, 15) is 4.79 Å². The van der Waals surface area contributed by atoms with E-state index in [1.165, 1.54) is 0 Å². The number of carbonyl (C=O) groups is 1. The molecule has 0 saturated heterocycles. The van der Waals surface area contributed by atoms with Gasteiger partial charge >= 0.3 is 0 Å². The summed E-state index contributed by atoms with van der Waals surface area (Å²) in [7, 11) is 4.82. The number of hydrogen-bond acceptors (Lipinski definition) is 5. The van der Waals surface area contributed by atoms with Crippen molar-refractivity contribution in [3.05, 3.63) is 48.0 Å². The molecule has 2 aromatic carbocycles. The Balaban J connectivity index is 1.76. The monoisotopic (exact) mass is 344 g/mol.